The molecule has 0 amide bonds. The topological polar surface area (TPSA) is 39.1 Å². The first-order chi connectivity index (χ1) is 8.79. The molecule has 4 heteroatoms. The predicted octanol–water partition coefficient (Wildman–Crippen LogP) is 2.71. The van der Waals surface area contributed by atoms with Gasteiger partial charge in [-0.05, 0) is 43.7 Å². The van der Waals surface area contributed by atoms with Gasteiger partial charge in [-0.25, -0.2) is 4.68 Å². The lowest BCUT2D eigenvalue weighted by atomic mass is 10.2. The van der Waals surface area contributed by atoms with Crippen LogP contribution in [0, 0.1) is 0 Å². The fourth-order valence-electron chi connectivity index (χ4n) is 1.78. The van der Waals surface area contributed by atoms with Gasteiger partial charge in [0.15, 0.2) is 0 Å². The van der Waals surface area contributed by atoms with E-state index in [1.807, 2.05) is 16.9 Å². The maximum Gasteiger partial charge on any atom is 0.0647 e. The quantitative estimate of drug-likeness (QED) is 0.850. The van der Waals surface area contributed by atoms with Crippen LogP contribution < -0.4 is 5.32 Å². The van der Waals surface area contributed by atoms with Gasteiger partial charge in [0.2, 0.25) is 0 Å². The second-order valence-electron chi connectivity index (χ2n) is 4.32. The van der Waals surface area contributed by atoms with Crippen molar-refractivity contribution in [2.24, 2.45) is 0 Å². The van der Waals surface area contributed by atoms with Gasteiger partial charge < -0.3 is 10.1 Å². The van der Waals surface area contributed by atoms with E-state index >= 15 is 0 Å². The zero-order valence-electron chi connectivity index (χ0n) is 10.8. The van der Waals surface area contributed by atoms with Gasteiger partial charge in [-0.2, -0.15) is 5.10 Å². The molecule has 0 aliphatic carbocycles. The van der Waals surface area contributed by atoms with Gasteiger partial charge in [0.1, 0.15) is 0 Å². The van der Waals surface area contributed by atoms with Crippen LogP contribution in [0.5, 0.6) is 0 Å². The molecular formula is C14H19N3O. The molecule has 0 bridgehead atoms. The van der Waals surface area contributed by atoms with Gasteiger partial charge in [-0.3, -0.25) is 0 Å². The lowest BCUT2D eigenvalue weighted by molar-refractivity contribution is 0.191. The molecule has 2 aromatic rings. The number of ether oxygens (including phenoxy) is 1. The Kier molecular flexibility index (Phi) is 4.36. The summed E-state index contributed by atoms with van der Waals surface area (Å²) in [5.74, 6) is 0. The van der Waals surface area contributed by atoms with E-state index in [9.17, 15) is 0 Å². The van der Waals surface area contributed by atoms with E-state index < -0.39 is 0 Å². The highest BCUT2D eigenvalue weighted by atomic mass is 16.5. The number of nitrogens with one attached hydrogen (secondary N) is 1. The Morgan fingerprint density at radius 1 is 1.33 bits per heavy atom. The monoisotopic (exact) mass is 245 g/mol. The molecule has 1 N–H and O–H groups in total. The minimum atomic E-state index is 0.403. The molecule has 0 spiro atoms. The Morgan fingerprint density at radius 3 is 2.72 bits per heavy atom. The summed E-state index contributed by atoms with van der Waals surface area (Å²) in [6, 6.07) is 10.6. The van der Waals surface area contributed by atoms with Gasteiger partial charge >= 0.3 is 0 Å². The summed E-state index contributed by atoms with van der Waals surface area (Å²) in [5, 5.41) is 7.64. The number of hydrogen-bond donors (Lipinski definition) is 1. The molecule has 0 fully saturated rings. The van der Waals surface area contributed by atoms with Crippen LogP contribution in [-0.4, -0.2) is 29.5 Å². The zero-order chi connectivity index (χ0) is 12.8. The highest BCUT2D eigenvalue weighted by molar-refractivity contribution is 5.48. The molecule has 0 aliphatic heterocycles. The first kappa shape index (κ1) is 12.6. The van der Waals surface area contributed by atoms with Gasteiger partial charge in [-0.1, -0.05) is 0 Å². The third-order valence-corrected chi connectivity index (χ3v) is 2.80. The molecule has 0 radical (unpaired) electrons. The highest BCUT2D eigenvalue weighted by Gasteiger charge is 2.02. The van der Waals surface area contributed by atoms with Crippen molar-refractivity contribution < 1.29 is 4.74 Å². The molecular weight excluding hydrogens is 226 g/mol. The van der Waals surface area contributed by atoms with Crippen molar-refractivity contribution in [2.45, 2.75) is 19.4 Å². The smallest absolute Gasteiger partial charge is 0.0647 e. The van der Waals surface area contributed by atoms with E-state index in [0.717, 1.165) is 24.4 Å². The molecule has 1 heterocycles. The fourth-order valence-corrected chi connectivity index (χ4v) is 1.78. The number of benzene rings is 1. The highest BCUT2D eigenvalue weighted by Crippen LogP contribution is 2.14. The van der Waals surface area contributed by atoms with Gasteiger partial charge in [-0.15, -0.1) is 0 Å². The van der Waals surface area contributed by atoms with E-state index in [4.69, 9.17) is 4.74 Å². The van der Waals surface area contributed by atoms with Crippen molar-refractivity contribution >= 4 is 5.69 Å². The SMILES string of the molecule is COCCC(C)Nc1ccc(-n2cccn2)cc1. The summed E-state index contributed by atoms with van der Waals surface area (Å²) >= 11 is 0. The molecule has 18 heavy (non-hydrogen) atoms. The normalized spacial score (nSPS) is 12.3. The molecule has 1 unspecified atom stereocenters. The maximum absolute atomic E-state index is 5.07. The van der Waals surface area contributed by atoms with Crippen LogP contribution in [0.3, 0.4) is 0 Å². The first-order valence-electron chi connectivity index (χ1n) is 6.15. The van der Waals surface area contributed by atoms with Crippen molar-refractivity contribution in [1.29, 1.82) is 0 Å². The van der Waals surface area contributed by atoms with Crippen LogP contribution in [-0.2, 0) is 4.74 Å². The molecule has 1 aromatic heterocycles. The van der Waals surface area contributed by atoms with Gasteiger partial charge in [0.25, 0.3) is 0 Å². The Labute approximate surface area is 108 Å². The third kappa shape index (κ3) is 3.34. The summed E-state index contributed by atoms with van der Waals surface area (Å²) in [7, 11) is 1.73. The number of hydrogen-bond acceptors (Lipinski definition) is 3. The van der Waals surface area contributed by atoms with Gasteiger partial charge in [0.05, 0.1) is 5.69 Å². The van der Waals surface area contributed by atoms with Crippen LogP contribution in [0.4, 0.5) is 5.69 Å². The van der Waals surface area contributed by atoms with Crippen LogP contribution in [0.2, 0.25) is 0 Å². The van der Waals surface area contributed by atoms with Crippen LogP contribution >= 0.6 is 0 Å². The second kappa shape index (κ2) is 6.21. The van der Waals surface area contributed by atoms with Crippen molar-refractivity contribution in [3.63, 3.8) is 0 Å². The average molecular weight is 245 g/mol. The minimum Gasteiger partial charge on any atom is -0.385 e. The standard InChI is InChI=1S/C14H19N3O/c1-12(8-11-18-2)16-13-4-6-14(7-5-13)17-10-3-9-15-17/h3-7,9-10,12,16H,8,11H2,1-2H3. The van der Waals surface area contributed by atoms with E-state index in [2.05, 4.69) is 41.6 Å². The molecule has 0 saturated heterocycles. The summed E-state index contributed by atoms with van der Waals surface area (Å²) < 4.78 is 6.91. The number of nitrogens with zero attached hydrogens (tertiary/aromatic N) is 2. The van der Waals surface area contributed by atoms with E-state index in [1.54, 1.807) is 13.3 Å². The molecule has 1 atom stereocenters. The summed E-state index contributed by atoms with van der Waals surface area (Å²) in [6.45, 7) is 2.93. The number of anilines is 1. The Hall–Kier alpha value is -1.81. The molecule has 1 aromatic carbocycles. The molecule has 2 rings (SSSR count). The lowest BCUT2D eigenvalue weighted by Gasteiger charge is -2.15. The van der Waals surface area contributed by atoms with E-state index in [1.165, 1.54) is 0 Å². The molecule has 0 saturated carbocycles. The number of methoxy groups -OCH3 is 1. The fraction of sp³-hybridized carbons (Fsp3) is 0.357. The average Bonchev–Trinajstić information content (AvgIpc) is 2.91. The van der Waals surface area contributed by atoms with Crippen LogP contribution in [0.1, 0.15) is 13.3 Å². The van der Waals surface area contributed by atoms with Crippen LogP contribution in [0.25, 0.3) is 5.69 Å². The molecule has 4 nitrogen and oxygen atoms in total. The van der Waals surface area contributed by atoms with Crippen molar-refractivity contribution in [3.05, 3.63) is 42.7 Å². The number of aromatic nitrogens is 2. The van der Waals surface area contributed by atoms with Crippen molar-refractivity contribution in [2.75, 3.05) is 19.0 Å². The number of rotatable bonds is 6. The van der Waals surface area contributed by atoms with E-state index in [0.29, 0.717) is 6.04 Å². The van der Waals surface area contributed by atoms with Crippen LogP contribution in [0.15, 0.2) is 42.7 Å². The summed E-state index contributed by atoms with van der Waals surface area (Å²) in [5.41, 5.74) is 2.18. The summed E-state index contributed by atoms with van der Waals surface area (Å²) in [4.78, 5) is 0. The van der Waals surface area contributed by atoms with Gasteiger partial charge in [0, 0.05) is 37.8 Å². The molecule has 96 valence electrons. The maximum atomic E-state index is 5.07. The van der Waals surface area contributed by atoms with Crippen molar-refractivity contribution in [1.82, 2.24) is 9.78 Å². The van der Waals surface area contributed by atoms with E-state index in [-0.39, 0.29) is 0 Å². The van der Waals surface area contributed by atoms with Crippen molar-refractivity contribution in [3.8, 4) is 5.69 Å². The first-order valence-corrected chi connectivity index (χ1v) is 6.15. The minimum absolute atomic E-state index is 0.403. The Bertz CT molecular complexity index is 450. The second-order valence-corrected chi connectivity index (χ2v) is 4.32. The lowest BCUT2D eigenvalue weighted by Crippen LogP contribution is -2.17. The third-order valence-electron chi connectivity index (χ3n) is 2.80. The Morgan fingerprint density at radius 2 is 2.11 bits per heavy atom. The summed E-state index contributed by atoms with van der Waals surface area (Å²) in [6.07, 6.45) is 4.71. The zero-order valence-corrected chi connectivity index (χ0v) is 10.8. The predicted molar refractivity (Wildman–Crippen MR) is 73.1 cm³/mol. The molecule has 0 aliphatic rings. The Balaban J connectivity index is 1.95. The largest absolute Gasteiger partial charge is 0.385 e.